The second kappa shape index (κ2) is 15.3. The Morgan fingerprint density at radius 1 is 0.717 bits per heavy atom. The molecule has 0 saturated heterocycles. The molecule has 7 nitrogen and oxygen atoms in total. The number of methoxy groups -OCH3 is 4. The van der Waals surface area contributed by atoms with Crippen LogP contribution in [0.2, 0.25) is 5.04 Å². The molecule has 0 heterocycles. The fourth-order valence-corrected chi connectivity index (χ4v) is 10.8. The van der Waals surface area contributed by atoms with E-state index in [1.54, 1.807) is 28.4 Å². The molecule has 0 spiro atoms. The Bertz CT molecular complexity index is 1550. The van der Waals surface area contributed by atoms with Crippen LogP contribution in [0.15, 0.2) is 91.0 Å². The van der Waals surface area contributed by atoms with Gasteiger partial charge in [-0.05, 0) is 69.2 Å². The predicted octanol–water partition coefficient (Wildman–Crippen LogP) is 6.26. The molecule has 244 valence electrons. The van der Waals surface area contributed by atoms with Crippen LogP contribution in [-0.4, -0.2) is 49.3 Å². The molecule has 0 aliphatic rings. The van der Waals surface area contributed by atoms with Crippen molar-refractivity contribution in [3.8, 4) is 23.0 Å². The first-order valence-corrected chi connectivity index (χ1v) is 17.5. The van der Waals surface area contributed by atoms with Gasteiger partial charge < -0.3 is 28.7 Å². The van der Waals surface area contributed by atoms with Crippen LogP contribution < -0.4 is 34.6 Å². The zero-order valence-electron chi connectivity index (χ0n) is 28.3. The molecule has 0 aromatic heterocycles. The predicted molar refractivity (Wildman–Crippen MR) is 187 cm³/mol. The van der Waals surface area contributed by atoms with Crippen molar-refractivity contribution in [3.05, 3.63) is 108 Å². The molecule has 1 unspecified atom stereocenters. The highest BCUT2D eigenvalue weighted by Gasteiger charge is 2.50. The van der Waals surface area contributed by atoms with Crippen LogP contribution in [0.3, 0.4) is 0 Å². The van der Waals surface area contributed by atoms with E-state index in [4.69, 9.17) is 23.4 Å². The minimum absolute atomic E-state index is 0.130. The summed E-state index contributed by atoms with van der Waals surface area (Å²) in [5.74, 6) is 2.37. The number of benzene rings is 4. The monoisotopic (exact) mass is 641 g/mol. The van der Waals surface area contributed by atoms with Gasteiger partial charge in [-0.25, -0.2) is 0 Å². The van der Waals surface area contributed by atoms with Gasteiger partial charge in [0.25, 0.3) is 8.32 Å². The van der Waals surface area contributed by atoms with E-state index in [0.717, 1.165) is 16.7 Å². The molecule has 8 heteroatoms. The molecule has 0 radical (unpaired) electrons. The summed E-state index contributed by atoms with van der Waals surface area (Å²) in [5.41, 5.74) is 2.93. The van der Waals surface area contributed by atoms with E-state index in [0.29, 0.717) is 42.4 Å². The van der Waals surface area contributed by atoms with Crippen molar-refractivity contribution < 1.29 is 28.2 Å². The Balaban J connectivity index is 1.77. The highest BCUT2D eigenvalue weighted by molar-refractivity contribution is 6.99. The molecule has 4 aromatic rings. The van der Waals surface area contributed by atoms with E-state index in [-0.39, 0.29) is 17.0 Å². The number of carbonyl (C=O) groups is 1. The maximum absolute atomic E-state index is 12.6. The van der Waals surface area contributed by atoms with Crippen LogP contribution in [0.1, 0.15) is 50.4 Å². The second-order valence-corrected chi connectivity index (χ2v) is 16.6. The summed E-state index contributed by atoms with van der Waals surface area (Å²) in [6.07, 6.45) is 1.13. The second-order valence-electron chi connectivity index (χ2n) is 12.3. The molecule has 1 atom stereocenters. The van der Waals surface area contributed by atoms with Gasteiger partial charge in [-0.15, -0.1) is 0 Å². The third kappa shape index (κ3) is 7.57. The average Bonchev–Trinajstić information content (AvgIpc) is 3.06. The van der Waals surface area contributed by atoms with Gasteiger partial charge in [-0.1, -0.05) is 87.5 Å². The van der Waals surface area contributed by atoms with E-state index < -0.39 is 8.32 Å². The lowest BCUT2D eigenvalue weighted by molar-refractivity contribution is -0.119. The topological polar surface area (TPSA) is 75.3 Å². The Kier molecular flexibility index (Phi) is 11.5. The van der Waals surface area contributed by atoms with E-state index >= 15 is 0 Å². The van der Waals surface area contributed by atoms with E-state index in [2.05, 4.69) is 74.6 Å². The van der Waals surface area contributed by atoms with Gasteiger partial charge in [0.05, 0.1) is 34.5 Å². The summed E-state index contributed by atoms with van der Waals surface area (Å²) in [6.45, 7) is 8.83. The van der Waals surface area contributed by atoms with Crippen LogP contribution in [-0.2, 0) is 22.1 Å². The number of rotatable bonds is 14. The minimum Gasteiger partial charge on any atom is -0.493 e. The molecule has 46 heavy (non-hydrogen) atoms. The molecule has 0 saturated carbocycles. The zero-order valence-corrected chi connectivity index (χ0v) is 29.3. The van der Waals surface area contributed by atoms with E-state index in [1.807, 2.05) is 42.5 Å². The highest BCUT2D eigenvalue weighted by atomic mass is 28.4. The zero-order chi connectivity index (χ0) is 33.3. The normalized spacial score (nSPS) is 12.3. The van der Waals surface area contributed by atoms with Gasteiger partial charge in [0.2, 0.25) is 5.91 Å². The lowest BCUT2D eigenvalue weighted by atomic mass is 9.92. The first kappa shape index (κ1) is 34.6. The molecule has 0 fully saturated rings. The summed E-state index contributed by atoms with van der Waals surface area (Å²) in [4.78, 5) is 12.6. The van der Waals surface area contributed by atoms with Crippen molar-refractivity contribution in [1.82, 2.24) is 5.32 Å². The van der Waals surface area contributed by atoms with Crippen molar-refractivity contribution >= 4 is 24.6 Å². The Hall–Kier alpha value is -4.27. The number of nitrogens with one attached hydrogen (secondary N) is 1. The summed E-state index contributed by atoms with van der Waals surface area (Å²) in [7, 11) is 3.74. The van der Waals surface area contributed by atoms with Gasteiger partial charge in [-0.3, -0.25) is 4.79 Å². The smallest absolute Gasteiger partial charge is 0.261 e. The lowest BCUT2D eigenvalue weighted by Gasteiger charge is -2.43. The maximum atomic E-state index is 12.6. The third-order valence-electron chi connectivity index (χ3n) is 8.39. The van der Waals surface area contributed by atoms with Gasteiger partial charge in [0.15, 0.2) is 23.0 Å². The quantitative estimate of drug-likeness (QED) is 0.164. The van der Waals surface area contributed by atoms with E-state index in [9.17, 15) is 4.79 Å². The number of amides is 1. The van der Waals surface area contributed by atoms with Crippen LogP contribution in [0.25, 0.3) is 0 Å². The van der Waals surface area contributed by atoms with Gasteiger partial charge >= 0.3 is 0 Å². The van der Waals surface area contributed by atoms with Crippen LogP contribution >= 0.6 is 0 Å². The van der Waals surface area contributed by atoms with Crippen LogP contribution in [0.5, 0.6) is 23.0 Å². The standard InChI is InChI=1S/C38H47NO6Si/c1-27(40)39-33(23-28-19-20-34(41-5)35(24-28)42-6)32-26-37(44-8)36(43-7)25-29(32)21-22-45-46(38(2,3)4,30-15-11-9-12-16-30)31-17-13-10-14-18-31/h9-20,24-26,33H,21-23H2,1-8H3,(H,39,40). The molecular weight excluding hydrogens is 595 g/mol. The van der Waals surface area contributed by atoms with Crippen molar-refractivity contribution in [2.75, 3.05) is 35.0 Å². The van der Waals surface area contributed by atoms with Crippen molar-refractivity contribution in [2.24, 2.45) is 0 Å². The lowest BCUT2D eigenvalue weighted by Crippen LogP contribution is -2.66. The molecular formula is C38H47NO6Si. The molecule has 0 bridgehead atoms. The number of hydrogen-bond acceptors (Lipinski definition) is 6. The average molecular weight is 642 g/mol. The Morgan fingerprint density at radius 2 is 1.24 bits per heavy atom. The highest BCUT2D eigenvalue weighted by Crippen LogP contribution is 2.39. The minimum atomic E-state index is -2.75. The SMILES string of the molecule is COc1ccc(CC(NC(C)=O)c2cc(OC)c(OC)cc2CCO[Si](c2ccccc2)(c2ccccc2)C(C)(C)C)cc1OC. The molecule has 1 N–H and O–H groups in total. The van der Waals surface area contributed by atoms with Gasteiger partial charge in [0, 0.05) is 13.5 Å². The fraction of sp³-hybridized carbons (Fsp3) is 0.342. The number of hydrogen-bond donors (Lipinski definition) is 1. The van der Waals surface area contributed by atoms with E-state index in [1.165, 1.54) is 17.3 Å². The molecule has 4 rings (SSSR count). The number of carbonyl (C=O) groups excluding carboxylic acids is 1. The van der Waals surface area contributed by atoms with Crippen molar-refractivity contribution in [3.63, 3.8) is 0 Å². The van der Waals surface area contributed by atoms with Crippen LogP contribution in [0, 0.1) is 0 Å². The van der Waals surface area contributed by atoms with Crippen molar-refractivity contribution in [1.29, 1.82) is 0 Å². The summed E-state index contributed by atoms with van der Waals surface area (Å²) in [6, 6.07) is 30.7. The molecule has 0 aliphatic heterocycles. The van der Waals surface area contributed by atoms with Gasteiger partial charge in [-0.2, -0.15) is 0 Å². The van der Waals surface area contributed by atoms with Crippen LogP contribution in [0.4, 0.5) is 0 Å². The number of ether oxygens (including phenoxy) is 4. The first-order valence-electron chi connectivity index (χ1n) is 15.6. The summed E-state index contributed by atoms with van der Waals surface area (Å²) in [5, 5.41) is 5.49. The largest absolute Gasteiger partial charge is 0.493 e. The van der Waals surface area contributed by atoms with Gasteiger partial charge in [0.1, 0.15) is 0 Å². The molecule has 1 amide bonds. The Morgan fingerprint density at radius 3 is 1.74 bits per heavy atom. The van der Waals surface area contributed by atoms with Crippen molar-refractivity contribution in [2.45, 2.75) is 51.6 Å². The fourth-order valence-electron chi connectivity index (χ4n) is 6.28. The molecule has 4 aromatic carbocycles. The Labute approximate surface area is 274 Å². The summed E-state index contributed by atoms with van der Waals surface area (Å²) < 4.78 is 29.7. The maximum Gasteiger partial charge on any atom is 0.261 e. The summed E-state index contributed by atoms with van der Waals surface area (Å²) >= 11 is 0. The first-order chi connectivity index (χ1) is 22.1. The molecule has 0 aliphatic carbocycles. The third-order valence-corrected chi connectivity index (χ3v) is 13.4.